The van der Waals surface area contributed by atoms with Crippen LogP contribution in [0.5, 0.6) is 0 Å². The Morgan fingerprint density at radius 3 is 1.48 bits per heavy atom. The predicted molar refractivity (Wildman–Crippen MR) is 271 cm³/mol. The molecule has 64 heavy (non-hydrogen) atoms. The van der Waals surface area contributed by atoms with Crippen molar-refractivity contribution in [1.29, 1.82) is 0 Å². The lowest BCUT2D eigenvalue weighted by Crippen LogP contribution is -2.14. The van der Waals surface area contributed by atoms with Crippen LogP contribution in [0.1, 0.15) is 25.0 Å². The van der Waals surface area contributed by atoms with Crippen LogP contribution in [0.15, 0.2) is 223 Å². The predicted octanol–water partition coefficient (Wildman–Crippen LogP) is 17.7. The van der Waals surface area contributed by atoms with Crippen LogP contribution in [-0.2, 0) is 5.41 Å². The molecular weight excluding hydrogens is 773 g/mol. The Balaban J connectivity index is 1.02. The average Bonchev–Trinajstić information content (AvgIpc) is 3.83. The van der Waals surface area contributed by atoms with Gasteiger partial charge in [-0.2, -0.15) is 0 Å². The summed E-state index contributed by atoms with van der Waals surface area (Å²) < 4.78 is 6.31. The fourth-order valence-electron chi connectivity index (χ4n) is 11.1. The molecule has 0 radical (unpaired) electrons. The van der Waals surface area contributed by atoms with E-state index in [1.165, 1.54) is 105 Å². The van der Waals surface area contributed by atoms with Crippen LogP contribution in [0.3, 0.4) is 0 Å². The third kappa shape index (κ3) is 5.44. The van der Waals surface area contributed by atoms with Gasteiger partial charge in [0.25, 0.3) is 0 Å². The first-order chi connectivity index (χ1) is 31.5. The standard InChI is InChI=1S/C63H42O/c1-63(2)56-27-11-9-18-47(56)54-37-42(33-35-57(54)63)45-24-14-25-46(43-34-36-59-55(38-43)48-19-10-12-28-58(48)64-59)60(45)40-29-31-41(32-30-40)61-50-20-5-7-22-52(50)62(53-23-8-6-21-51(53)61)49-26-13-16-39-15-3-4-17-44(39)49/h3-38H,1-2H3. The number of hydrogen-bond acceptors (Lipinski definition) is 1. The van der Waals surface area contributed by atoms with Crippen molar-refractivity contribution in [3.63, 3.8) is 0 Å². The molecule has 0 unspecified atom stereocenters. The van der Waals surface area contributed by atoms with E-state index in [0.717, 1.165) is 27.5 Å². The molecule has 1 aromatic heterocycles. The first-order valence-corrected chi connectivity index (χ1v) is 22.3. The van der Waals surface area contributed by atoms with Crippen molar-refractivity contribution in [3.8, 4) is 66.8 Å². The van der Waals surface area contributed by atoms with Gasteiger partial charge in [0, 0.05) is 16.2 Å². The maximum atomic E-state index is 6.31. The lowest BCUT2D eigenvalue weighted by Gasteiger charge is -2.22. The van der Waals surface area contributed by atoms with Crippen LogP contribution in [-0.4, -0.2) is 0 Å². The number of para-hydroxylation sites is 1. The van der Waals surface area contributed by atoms with Crippen LogP contribution in [0, 0.1) is 0 Å². The number of benzene rings is 11. The van der Waals surface area contributed by atoms with Gasteiger partial charge in [0.05, 0.1) is 0 Å². The maximum absolute atomic E-state index is 6.31. The summed E-state index contributed by atoms with van der Waals surface area (Å²) >= 11 is 0. The molecule has 0 bridgehead atoms. The Bertz CT molecular complexity index is 3800. The van der Waals surface area contributed by atoms with Gasteiger partial charge in [0.15, 0.2) is 0 Å². The molecular formula is C63H42O. The summed E-state index contributed by atoms with van der Waals surface area (Å²) in [5, 5.41) is 9.79. The fraction of sp³-hybridized carbons (Fsp3) is 0.0476. The summed E-state index contributed by atoms with van der Waals surface area (Å²) in [4.78, 5) is 0. The third-order valence-electron chi connectivity index (χ3n) is 14.1. The Labute approximate surface area is 372 Å². The first-order valence-electron chi connectivity index (χ1n) is 22.3. The topological polar surface area (TPSA) is 13.1 Å². The summed E-state index contributed by atoms with van der Waals surface area (Å²) in [6.45, 7) is 4.70. The van der Waals surface area contributed by atoms with E-state index in [-0.39, 0.29) is 5.41 Å². The monoisotopic (exact) mass is 814 g/mol. The minimum absolute atomic E-state index is 0.0603. The first kappa shape index (κ1) is 36.6. The molecule has 13 rings (SSSR count). The van der Waals surface area contributed by atoms with Gasteiger partial charge in [-0.15, -0.1) is 0 Å². The number of fused-ring (bicyclic) bond motifs is 9. The summed E-state index contributed by atoms with van der Waals surface area (Å²) in [6.07, 6.45) is 0. The molecule has 0 aliphatic heterocycles. The lowest BCUT2D eigenvalue weighted by atomic mass is 9.81. The van der Waals surface area contributed by atoms with Crippen molar-refractivity contribution in [2.24, 2.45) is 0 Å². The number of furan rings is 1. The van der Waals surface area contributed by atoms with Crippen molar-refractivity contribution in [2.75, 3.05) is 0 Å². The molecule has 0 saturated carbocycles. The molecule has 1 aliphatic rings. The summed E-state index contributed by atoms with van der Waals surface area (Å²) in [5.41, 5.74) is 19.3. The third-order valence-corrected chi connectivity index (χ3v) is 14.1. The Morgan fingerprint density at radius 1 is 0.281 bits per heavy atom. The molecule has 1 aliphatic carbocycles. The van der Waals surface area contributed by atoms with Crippen molar-refractivity contribution >= 4 is 54.3 Å². The normalized spacial score (nSPS) is 13.0. The minimum atomic E-state index is -0.0603. The second-order valence-electron chi connectivity index (χ2n) is 17.9. The highest BCUT2D eigenvalue weighted by Crippen LogP contribution is 2.51. The highest BCUT2D eigenvalue weighted by Gasteiger charge is 2.35. The molecule has 0 fully saturated rings. The van der Waals surface area contributed by atoms with Gasteiger partial charge in [-0.25, -0.2) is 0 Å². The molecule has 1 heterocycles. The van der Waals surface area contributed by atoms with Gasteiger partial charge >= 0.3 is 0 Å². The lowest BCUT2D eigenvalue weighted by molar-refractivity contribution is 0.660. The molecule has 0 N–H and O–H groups in total. The van der Waals surface area contributed by atoms with Crippen LogP contribution >= 0.6 is 0 Å². The van der Waals surface area contributed by atoms with Gasteiger partial charge in [-0.05, 0) is 134 Å². The molecule has 1 nitrogen and oxygen atoms in total. The average molecular weight is 815 g/mol. The van der Waals surface area contributed by atoms with E-state index in [2.05, 4.69) is 226 Å². The minimum Gasteiger partial charge on any atom is -0.456 e. The molecule has 12 aromatic rings. The highest BCUT2D eigenvalue weighted by atomic mass is 16.3. The second kappa shape index (κ2) is 14.0. The zero-order valence-corrected chi connectivity index (χ0v) is 35.7. The van der Waals surface area contributed by atoms with E-state index < -0.39 is 0 Å². The van der Waals surface area contributed by atoms with Gasteiger partial charge in [0.1, 0.15) is 11.2 Å². The molecule has 300 valence electrons. The summed E-state index contributed by atoms with van der Waals surface area (Å²) in [6, 6.07) is 80.6. The van der Waals surface area contributed by atoms with Crippen LogP contribution in [0.4, 0.5) is 0 Å². The van der Waals surface area contributed by atoms with Gasteiger partial charge in [-0.1, -0.05) is 208 Å². The van der Waals surface area contributed by atoms with Gasteiger partial charge < -0.3 is 4.42 Å². The molecule has 0 spiro atoms. The smallest absolute Gasteiger partial charge is 0.135 e. The second-order valence-corrected chi connectivity index (χ2v) is 17.9. The summed E-state index contributed by atoms with van der Waals surface area (Å²) in [7, 11) is 0. The summed E-state index contributed by atoms with van der Waals surface area (Å²) in [5.74, 6) is 0. The largest absolute Gasteiger partial charge is 0.456 e. The van der Waals surface area contributed by atoms with Crippen molar-refractivity contribution < 1.29 is 4.42 Å². The zero-order chi connectivity index (χ0) is 42.5. The van der Waals surface area contributed by atoms with Crippen molar-refractivity contribution in [2.45, 2.75) is 19.3 Å². The van der Waals surface area contributed by atoms with Gasteiger partial charge in [-0.3, -0.25) is 0 Å². The van der Waals surface area contributed by atoms with E-state index in [1.807, 2.05) is 6.07 Å². The van der Waals surface area contributed by atoms with E-state index >= 15 is 0 Å². The van der Waals surface area contributed by atoms with E-state index in [4.69, 9.17) is 4.42 Å². The SMILES string of the molecule is CC1(C)c2ccccc2-c2cc(-c3cccc(-c4ccc5oc6ccccc6c5c4)c3-c3ccc(-c4c5ccccc5c(-c5cccc6ccccc56)c5ccccc45)cc3)ccc21. The van der Waals surface area contributed by atoms with E-state index in [9.17, 15) is 0 Å². The molecule has 0 amide bonds. The Morgan fingerprint density at radius 2 is 0.750 bits per heavy atom. The highest BCUT2D eigenvalue weighted by molar-refractivity contribution is 6.23. The number of rotatable bonds is 5. The van der Waals surface area contributed by atoms with Crippen molar-refractivity contribution in [3.05, 3.63) is 230 Å². The molecule has 11 aromatic carbocycles. The van der Waals surface area contributed by atoms with Crippen LogP contribution in [0.25, 0.3) is 121 Å². The van der Waals surface area contributed by atoms with Crippen LogP contribution < -0.4 is 0 Å². The Hall–Kier alpha value is -8.00. The quantitative estimate of drug-likeness (QED) is 0.158. The van der Waals surface area contributed by atoms with Crippen molar-refractivity contribution in [1.82, 2.24) is 0 Å². The van der Waals surface area contributed by atoms with Crippen LogP contribution in [0.2, 0.25) is 0 Å². The number of hydrogen-bond donors (Lipinski definition) is 0. The maximum Gasteiger partial charge on any atom is 0.135 e. The molecule has 0 saturated heterocycles. The van der Waals surface area contributed by atoms with E-state index in [0.29, 0.717) is 0 Å². The fourth-order valence-corrected chi connectivity index (χ4v) is 11.1. The molecule has 1 heteroatoms. The Kier molecular flexibility index (Phi) is 8.02. The van der Waals surface area contributed by atoms with E-state index in [1.54, 1.807) is 0 Å². The van der Waals surface area contributed by atoms with Gasteiger partial charge in [0.2, 0.25) is 0 Å². The zero-order valence-electron chi connectivity index (χ0n) is 35.7. The molecule has 0 atom stereocenters.